The standard InChI is InChI=1S/C13H14F3NO3.C2H6/c1-12(2,3)11(19)17-10-6-9(20-13(14,15)16)5-4-8(10)7-18;1-2/h4-7H,1-3H3,(H,17,19);1-2H3. The van der Waals surface area contributed by atoms with Crippen LogP contribution in [-0.4, -0.2) is 18.6 Å². The maximum Gasteiger partial charge on any atom is 0.573 e. The summed E-state index contributed by atoms with van der Waals surface area (Å²) in [4.78, 5) is 22.6. The Morgan fingerprint density at radius 1 is 1.18 bits per heavy atom. The van der Waals surface area contributed by atoms with Gasteiger partial charge in [-0.05, 0) is 12.1 Å². The summed E-state index contributed by atoms with van der Waals surface area (Å²) in [7, 11) is 0. The Morgan fingerprint density at radius 2 is 1.73 bits per heavy atom. The highest BCUT2D eigenvalue weighted by Crippen LogP contribution is 2.28. The van der Waals surface area contributed by atoms with Crippen molar-refractivity contribution < 1.29 is 27.5 Å². The Morgan fingerprint density at radius 3 is 2.14 bits per heavy atom. The summed E-state index contributed by atoms with van der Waals surface area (Å²) >= 11 is 0. The lowest BCUT2D eigenvalue weighted by Gasteiger charge is -2.19. The summed E-state index contributed by atoms with van der Waals surface area (Å²) < 4.78 is 40.1. The van der Waals surface area contributed by atoms with Crippen molar-refractivity contribution >= 4 is 17.9 Å². The average Bonchev–Trinajstić information content (AvgIpc) is 2.38. The molecule has 0 saturated heterocycles. The predicted octanol–water partition coefficient (Wildman–Crippen LogP) is 4.41. The van der Waals surface area contributed by atoms with Crippen LogP contribution in [0.25, 0.3) is 0 Å². The highest BCUT2D eigenvalue weighted by molar-refractivity contribution is 5.99. The van der Waals surface area contributed by atoms with Crippen LogP contribution >= 0.6 is 0 Å². The maximum absolute atomic E-state index is 12.1. The minimum absolute atomic E-state index is 0.0262. The van der Waals surface area contributed by atoms with Crippen LogP contribution in [0, 0.1) is 5.41 Å². The van der Waals surface area contributed by atoms with E-state index >= 15 is 0 Å². The van der Waals surface area contributed by atoms with Gasteiger partial charge in [0.2, 0.25) is 5.91 Å². The molecule has 1 rings (SSSR count). The molecule has 1 amide bonds. The van der Waals surface area contributed by atoms with E-state index in [0.717, 1.165) is 18.2 Å². The smallest absolute Gasteiger partial charge is 0.406 e. The third kappa shape index (κ3) is 6.60. The van der Waals surface area contributed by atoms with Gasteiger partial charge in [-0.25, -0.2) is 0 Å². The molecule has 4 nitrogen and oxygen atoms in total. The fraction of sp³-hybridized carbons (Fsp3) is 0.467. The molecule has 0 aromatic heterocycles. The molecule has 0 aliphatic rings. The van der Waals surface area contributed by atoms with Gasteiger partial charge in [0.25, 0.3) is 0 Å². The zero-order valence-electron chi connectivity index (χ0n) is 13.2. The zero-order valence-corrected chi connectivity index (χ0v) is 13.2. The molecule has 0 aliphatic heterocycles. The number of carbonyl (C=O) groups excluding carboxylic acids is 2. The van der Waals surface area contributed by atoms with Crippen LogP contribution in [0.15, 0.2) is 18.2 Å². The lowest BCUT2D eigenvalue weighted by molar-refractivity contribution is -0.274. The lowest BCUT2D eigenvalue weighted by atomic mass is 9.95. The third-order valence-corrected chi connectivity index (χ3v) is 2.31. The highest BCUT2D eigenvalue weighted by Gasteiger charge is 2.31. The molecule has 0 atom stereocenters. The molecule has 0 saturated carbocycles. The Hall–Kier alpha value is -2.05. The Kier molecular flexibility index (Phi) is 7.09. The first kappa shape index (κ1) is 19.9. The van der Waals surface area contributed by atoms with Crippen LogP contribution in [0.5, 0.6) is 5.75 Å². The van der Waals surface area contributed by atoms with Gasteiger partial charge in [0, 0.05) is 17.0 Å². The molecule has 0 unspecified atom stereocenters. The molecule has 0 fully saturated rings. The molecule has 124 valence electrons. The molecule has 1 aromatic carbocycles. The van der Waals surface area contributed by atoms with Crippen molar-refractivity contribution in [2.45, 2.75) is 41.0 Å². The molecule has 22 heavy (non-hydrogen) atoms. The molecule has 1 N–H and O–H groups in total. The summed E-state index contributed by atoms with van der Waals surface area (Å²) in [6.07, 6.45) is -4.40. The summed E-state index contributed by atoms with van der Waals surface area (Å²) in [6.45, 7) is 8.91. The fourth-order valence-corrected chi connectivity index (χ4v) is 1.25. The van der Waals surface area contributed by atoms with Gasteiger partial charge in [-0.3, -0.25) is 9.59 Å². The Labute approximate surface area is 127 Å². The number of hydrogen-bond donors (Lipinski definition) is 1. The third-order valence-electron chi connectivity index (χ3n) is 2.31. The summed E-state index contributed by atoms with van der Waals surface area (Å²) in [6, 6.07) is 3.11. The van der Waals surface area contributed by atoms with E-state index in [0.29, 0.717) is 6.29 Å². The van der Waals surface area contributed by atoms with E-state index in [1.165, 1.54) is 0 Å². The van der Waals surface area contributed by atoms with Crippen molar-refractivity contribution in [3.05, 3.63) is 23.8 Å². The number of aldehydes is 1. The number of rotatable bonds is 3. The van der Waals surface area contributed by atoms with Gasteiger partial charge in [-0.15, -0.1) is 13.2 Å². The first-order chi connectivity index (χ1) is 10.0. The second kappa shape index (κ2) is 7.82. The number of halogens is 3. The van der Waals surface area contributed by atoms with Crippen LogP contribution < -0.4 is 10.1 Å². The molecule has 0 spiro atoms. The number of benzene rings is 1. The highest BCUT2D eigenvalue weighted by atomic mass is 19.4. The number of alkyl halides is 3. The molecule has 1 aromatic rings. The van der Waals surface area contributed by atoms with Crippen molar-refractivity contribution in [1.82, 2.24) is 0 Å². The first-order valence-electron chi connectivity index (χ1n) is 6.69. The van der Waals surface area contributed by atoms with Crippen LogP contribution in [-0.2, 0) is 4.79 Å². The molecule has 0 aliphatic carbocycles. The number of hydrogen-bond acceptors (Lipinski definition) is 3. The quantitative estimate of drug-likeness (QED) is 0.840. The van der Waals surface area contributed by atoms with E-state index in [1.807, 2.05) is 13.8 Å². The number of anilines is 1. The van der Waals surface area contributed by atoms with Gasteiger partial charge in [-0.2, -0.15) is 0 Å². The van der Waals surface area contributed by atoms with Gasteiger partial charge >= 0.3 is 6.36 Å². The van der Waals surface area contributed by atoms with E-state index in [9.17, 15) is 22.8 Å². The van der Waals surface area contributed by atoms with E-state index < -0.39 is 23.4 Å². The molecule has 0 bridgehead atoms. The number of nitrogens with one attached hydrogen (secondary N) is 1. The van der Waals surface area contributed by atoms with Gasteiger partial charge in [0.1, 0.15) is 5.75 Å². The molecular weight excluding hydrogens is 299 g/mol. The SMILES string of the molecule is CC.CC(C)(C)C(=O)Nc1cc(OC(F)(F)F)ccc1C=O. The van der Waals surface area contributed by atoms with Crippen LogP contribution in [0.1, 0.15) is 45.0 Å². The minimum Gasteiger partial charge on any atom is -0.406 e. The van der Waals surface area contributed by atoms with Crippen LogP contribution in [0.4, 0.5) is 18.9 Å². The molecular formula is C15H20F3NO3. The number of amides is 1. The second-order valence-electron chi connectivity index (χ2n) is 5.12. The van der Waals surface area contributed by atoms with Gasteiger partial charge in [0.05, 0.1) is 5.69 Å². The Bertz CT molecular complexity index is 520. The summed E-state index contributed by atoms with van der Waals surface area (Å²) in [5, 5.41) is 2.41. The van der Waals surface area contributed by atoms with E-state index in [1.54, 1.807) is 20.8 Å². The molecule has 7 heteroatoms. The Balaban J connectivity index is 0.00000211. The monoisotopic (exact) mass is 319 g/mol. The number of ether oxygens (including phenoxy) is 1. The van der Waals surface area contributed by atoms with Gasteiger partial charge in [-0.1, -0.05) is 34.6 Å². The predicted molar refractivity (Wildman–Crippen MR) is 77.9 cm³/mol. The van der Waals surface area contributed by atoms with Gasteiger partial charge < -0.3 is 10.1 Å². The van der Waals surface area contributed by atoms with Crippen LogP contribution in [0.2, 0.25) is 0 Å². The van der Waals surface area contributed by atoms with Crippen molar-refractivity contribution in [2.24, 2.45) is 5.41 Å². The van der Waals surface area contributed by atoms with E-state index in [-0.39, 0.29) is 11.3 Å². The largest absolute Gasteiger partial charge is 0.573 e. The average molecular weight is 319 g/mol. The zero-order chi connectivity index (χ0) is 17.6. The van der Waals surface area contributed by atoms with E-state index in [2.05, 4.69) is 10.1 Å². The van der Waals surface area contributed by atoms with Crippen molar-refractivity contribution in [1.29, 1.82) is 0 Å². The van der Waals surface area contributed by atoms with Gasteiger partial charge in [0.15, 0.2) is 6.29 Å². The normalized spacial score (nSPS) is 11.1. The minimum atomic E-state index is -4.84. The van der Waals surface area contributed by atoms with Crippen molar-refractivity contribution in [3.8, 4) is 5.75 Å². The first-order valence-corrected chi connectivity index (χ1v) is 6.69. The topological polar surface area (TPSA) is 55.4 Å². The summed E-state index contributed by atoms with van der Waals surface area (Å²) in [5.41, 5.74) is -0.708. The molecule has 0 radical (unpaired) electrons. The molecule has 0 heterocycles. The summed E-state index contributed by atoms with van der Waals surface area (Å²) in [5.74, 6) is -0.933. The maximum atomic E-state index is 12.1. The van der Waals surface area contributed by atoms with Crippen molar-refractivity contribution in [3.63, 3.8) is 0 Å². The van der Waals surface area contributed by atoms with E-state index in [4.69, 9.17) is 0 Å². The fourth-order valence-electron chi connectivity index (χ4n) is 1.25. The second-order valence-corrected chi connectivity index (χ2v) is 5.12. The van der Waals surface area contributed by atoms with Crippen LogP contribution in [0.3, 0.4) is 0 Å². The lowest BCUT2D eigenvalue weighted by Crippen LogP contribution is -2.28. The van der Waals surface area contributed by atoms with Crippen molar-refractivity contribution in [2.75, 3.05) is 5.32 Å². The number of carbonyl (C=O) groups is 2.